The number of hydrogen-bond acceptors (Lipinski definition) is 4. The standard InChI is InChI=1S/C8H11N3OS/c13-8-2-1-7(9-10-8)11-3-5-12-6-4-11/h1-2H,3-6H2,(H,10,13). The maximum Gasteiger partial charge on any atom is 0.149 e. The summed E-state index contributed by atoms with van der Waals surface area (Å²) in [5.41, 5.74) is 0. The molecule has 0 saturated carbocycles. The topological polar surface area (TPSA) is 41.1 Å². The quantitative estimate of drug-likeness (QED) is 0.681. The van der Waals surface area contributed by atoms with E-state index in [1.807, 2.05) is 12.1 Å². The number of rotatable bonds is 1. The predicted molar refractivity (Wildman–Crippen MR) is 52.5 cm³/mol. The molecule has 1 aromatic heterocycles. The number of nitrogens with zero attached hydrogens (tertiary/aromatic N) is 2. The second-order valence-electron chi connectivity index (χ2n) is 2.88. The zero-order valence-electron chi connectivity index (χ0n) is 7.19. The molecule has 13 heavy (non-hydrogen) atoms. The molecule has 2 heterocycles. The predicted octanol–water partition coefficient (Wildman–Crippen LogP) is 0.976. The molecule has 1 aliphatic heterocycles. The van der Waals surface area contributed by atoms with Gasteiger partial charge in [0.15, 0.2) is 0 Å². The highest BCUT2D eigenvalue weighted by Gasteiger charge is 2.11. The van der Waals surface area contributed by atoms with Crippen LogP contribution in [0.3, 0.4) is 0 Å². The van der Waals surface area contributed by atoms with Gasteiger partial charge in [-0.2, -0.15) is 5.10 Å². The van der Waals surface area contributed by atoms with Crippen LogP contribution in [0.25, 0.3) is 0 Å². The van der Waals surface area contributed by atoms with Crippen molar-refractivity contribution in [2.45, 2.75) is 0 Å². The van der Waals surface area contributed by atoms with Gasteiger partial charge in [0.1, 0.15) is 10.5 Å². The van der Waals surface area contributed by atoms with Gasteiger partial charge in [0, 0.05) is 13.1 Å². The first-order valence-corrected chi connectivity index (χ1v) is 4.65. The Kier molecular flexibility index (Phi) is 2.56. The largest absolute Gasteiger partial charge is 0.378 e. The fourth-order valence-electron chi connectivity index (χ4n) is 1.31. The maximum absolute atomic E-state index is 5.24. The zero-order valence-corrected chi connectivity index (χ0v) is 8.01. The molecule has 2 rings (SSSR count). The van der Waals surface area contributed by atoms with E-state index >= 15 is 0 Å². The van der Waals surface area contributed by atoms with Crippen LogP contribution >= 0.6 is 12.2 Å². The van der Waals surface area contributed by atoms with Crippen molar-refractivity contribution in [1.29, 1.82) is 0 Å². The number of nitrogens with one attached hydrogen (secondary N) is 1. The Morgan fingerprint density at radius 2 is 2.15 bits per heavy atom. The number of hydrogen-bond donors (Lipinski definition) is 1. The number of aromatic nitrogens is 2. The first-order chi connectivity index (χ1) is 6.36. The van der Waals surface area contributed by atoms with E-state index in [9.17, 15) is 0 Å². The van der Waals surface area contributed by atoms with Crippen LogP contribution in [0.4, 0.5) is 5.82 Å². The van der Waals surface area contributed by atoms with Gasteiger partial charge in [0.25, 0.3) is 0 Å². The van der Waals surface area contributed by atoms with Crippen molar-refractivity contribution >= 4 is 18.0 Å². The molecule has 1 saturated heterocycles. The van der Waals surface area contributed by atoms with Crippen molar-refractivity contribution in [3.05, 3.63) is 16.8 Å². The number of ether oxygens (including phenoxy) is 1. The van der Waals surface area contributed by atoms with Crippen molar-refractivity contribution in [2.24, 2.45) is 0 Å². The second-order valence-corrected chi connectivity index (χ2v) is 3.32. The van der Waals surface area contributed by atoms with E-state index < -0.39 is 0 Å². The number of morpholine rings is 1. The van der Waals surface area contributed by atoms with Crippen LogP contribution in [0.2, 0.25) is 0 Å². The normalized spacial score (nSPS) is 17.4. The van der Waals surface area contributed by atoms with E-state index in [0.717, 1.165) is 32.1 Å². The van der Waals surface area contributed by atoms with Crippen LogP contribution in [-0.4, -0.2) is 36.5 Å². The Balaban J connectivity index is 2.14. The molecule has 1 fully saturated rings. The third-order valence-corrected chi connectivity index (χ3v) is 2.23. The molecular formula is C8H11N3OS. The maximum atomic E-state index is 5.24. The average molecular weight is 197 g/mol. The summed E-state index contributed by atoms with van der Waals surface area (Å²) in [6.45, 7) is 3.35. The molecular weight excluding hydrogens is 186 g/mol. The highest BCUT2D eigenvalue weighted by Crippen LogP contribution is 2.09. The van der Waals surface area contributed by atoms with Crippen LogP contribution < -0.4 is 4.90 Å². The Bertz CT molecular complexity index is 312. The lowest BCUT2D eigenvalue weighted by Gasteiger charge is -2.27. The van der Waals surface area contributed by atoms with Gasteiger partial charge in [-0.05, 0) is 12.1 Å². The van der Waals surface area contributed by atoms with Crippen molar-refractivity contribution < 1.29 is 4.74 Å². The van der Waals surface area contributed by atoms with Gasteiger partial charge in [-0.3, -0.25) is 5.10 Å². The fraction of sp³-hybridized carbons (Fsp3) is 0.500. The first kappa shape index (κ1) is 8.65. The second kappa shape index (κ2) is 3.85. The number of anilines is 1. The molecule has 5 heteroatoms. The molecule has 0 aromatic carbocycles. The molecule has 0 aliphatic carbocycles. The summed E-state index contributed by atoms with van der Waals surface area (Å²) in [7, 11) is 0. The van der Waals surface area contributed by atoms with Crippen LogP contribution in [0.15, 0.2) is 12.1 Å². The molecule has 1 N–H and O–H groups in total. The molecule has 4 nitrogen and oxygen atoms in total. The number of H-pyrrole nitrogens is 1. The smallest absolute Gasteiger partial charge is 0.149 e. The van der Waals surface area contributed by atoms with E-state index in [1.54, 1.807) is 0 Å². The summed E-state index contributed by atoms with van der Waals surface area (Å²) in [5, 5.41) is 6.92. The lowest BCUT2D eigenvalue weighted by molar-refractivity contribution is 0.122. The van der Waals surface area contributed by atoms with Crippen LogP contribution in [0, 0.1) is 4.64 Å². The van der Waals surface area contributed by atoms with Gasteiger partial charge in [0.05, 0.1) is 13.2 Å². The van der Waals surface area contributed by atoms with Crippen LogP contribution in [0.5, 0.6) is 0 Å². The lowest BCUT2D eigenvalue weighted by atomic mass is 10.4. The summed E-state index contributed by atoms with van der Waals surface area (Å²) in [6.07, 6.45) is 0. The Morgan fingerprint density at radius 1 is 1.38 bits per heavy atom. The summed E-state index contributed by atoms with van der Waals surface area (Å²) in [6, 6.07) is 3.79. The summed E-state index contributed by atoms with van der Waals surface area (Å²) < 4.78 is 5.91. The molecule has 70 valence electrons. The molecule has 0 atom stereocenters. The van der Waals surface area contributed by atoms with E-state index in [1.165, 1.54) is 0 Å². The van der Waals surface area contributed by atoms with E-state index in [2.05, 4.69) is 15.1 Å². The Labute approximate surface area is 81.5 Å². The summed E-state index contributed by atoms with van der Waals surface area (Å²) >= 11 is 4.91. The third kappa shape index (κ3) is 2.05. The Morgan fingerprint density at radius 3 is 2.77 bits per heavy atom. The van der Waals surface area contributed by atoms with Gasteiger partial charge in [-0.15, -0.1) is 0 Å². The molecule has 1 aromatic rings. The highest BCUT2D eigenvalue weighted by atomic mass is 32.1. The van der Waals surface area contributed by atoms with Crippen molar-refractivity contribution in [1.82, 2.24) is 10.2 Å². The molecule has 0 radical (unpaired) electrons. The summed E-state index contributed by atoms with van der Waals surface area (Å²) in [4.78, 5) is 2.18. The molecule has 0 amide bonds. The molecule has 0 bridgehead atoms. The third-order valence-electron chi connectivity index (χ3n) is 2.00. The average Bonchev–Trinajstić information content (AvgIpc) is 2.20. The van der Waals surface area contributed by atoms with Crippen LogP contribution in [-0.2, 0) is 4.74 Å². The Hall–Kier alpha value is -0.940. The van der Waals surface area contributed by atoms with Gasteiger partial charge < -0.3 is 9.64 Å². The SMILES string of the molecule is S=c1ccc(N2CCOCC2)n[nH]1. The lowest BCUT2D eigenvalue weighted by Crippen LogP contribution is -2.36. The zero-order chi connectivity index (χ0) is 9.10. The first-order valence-electron chi connectivity index (χ1n) is 4.25. The van der Waals surface area contributed by atoms with Crippen molar-refractivity contribution in [3.63, 3.8) is 0 Å². The van der Waals surface area contributed by atoms with Crippen molar-refractivity contribution in [3.8, 4) is 0 Å². The minimum atomic E-state index is 0.664. The summed E-state index contributed by atoms with van der Waals surface area (Å²) in [5.74, 6) is 0.942. The molecule has 0 unspecified atom stereocenters. The van der Waals surface area contributed by atoms with Gasteiger partial charge in [-0.1, -0.05) is 12.2 Å². The molecule has 0 spiro atoms. The van der Waals surface area contributed by atoms with Crippen LogP contribution in [0.1, 0.15) is 0 Å². The monoisotopic (exact) mass is 197 g/mol. The van der Waals surface area contributed by atoms with Gasteiger partial charge >= 0.3 is 0 Å². The minimum absolute atomic E-state index is 0.664. The van der Waals surface area contributed by atoms with E-state index in [0.29, 0.717) is 4.64 Å². The number of aromatic amines is 1. The minimum Gasteiger partial charge on any atom is -0.378 e. The van der Waals surface area contributed by atoms with Gasteiger partial charge in [0.2, 0.25) is 0 Å². The van der Waals surface area contributed by atoms with E-state index in [-0.39, 0.29) is 0 Å². The van der Waals surface area contributed by atoms with Crippen molar-refractivity contribution in [2.75, 3.05) is 31.2 Å². The van der Waals surface area contributed by atoms with E-state index in [4.69, 9.17) is 17.0 Å². The highest BCUT2D eigenvalue weighted by molar-refractivity contribution is 7.71. The van der Waals surface area contributed by atoms with Gasteiger partial charge in [-0.25, -0.2) is 0 Å². The fourth-order valence-corrected chi connectivity index (χ4v) is 1.42. The molecule has 1 aliphatic rings.